The Balaban J connectivity index is 2.09. The van der Waals surface area contributed by atoms with E-state index in [0.29, 0.717) is 28.9 Å². The zero-order chi connectivity index (χ0) is 13.7. The van der Waals surface area contributed by atoms with Gasteiger partial charge < -0.3 is 10.5 Å². The second-order valence-corrected chi connectivity index (χ2v) is 4.87. The molecule has 4 nitrogen and oxygen atoms in total. The van der Waals surface area contributed by atoms with E-state index in [1.807, 2.05) is 0 Å². The third-order valence-electron chi connectivity index (χ3n) is 2.33. The van der Waals surface area contributed by atoms with E-state index in [-0.39, 0.29) is 5.82 Å². The molecular weight excluding hydrogens is 265 g/mol. The smallest absolute Gasteiger partial charge is 0.141 e. The molecule has 0 spiro atoms. The molecule has 0 unspecified atom stereocenters. The van der Waals surface area contributed by atoms with E-state index in [1.165, 1.54) is 17.8 Å². The molecule has 19 heavy (non-hydrogen) atoms. The van der Waals surface area contributed by atoms with Crippen molar-refractivity contribution in [1.29, 1.82) is 0 Å². The van der Waals surface area contributed by atoms with E-state index >= 15 is 0 Å². The molecule has 1 heterocycles. The fraction of sp³-hybridized carbons (Fsp3) is 0.231. The van der Waals surface area contributed by atoms with Gasteiger partial charge in [0.05, 0.1) is 18.1 Å². The molecular formula is C13H14FN3OS. The van der Waals surface area contributed by atoms with Crippen molar-refractivity contribution in [2.24, 2.45) is 0 Å². The molecule has 0 aliphatic rings. The van der Waals surface area contributed by atoms with Crippen molar-refractivity contribution >= 4 is 17.6 Å². The number of benzene rings is 1. The lowest BCUT2D eigenvalue weighted by molar-refractivity contribution is 0.181. The predicted molar refractivity (Wildman–Crippen MR) is 73.1 cm³/mol. The van der Waals surface area contributed by atoms with Gasteiger partial charge in [-0.05, 0) is 12.1 Å². The molecule has 2 rings (SSSR count). The first-order chi connectivity index (χ1) is 9.19. The molecule has 0 aliphatic heterocycles. The maximum atomic E-state index is 13.5. The summed E-state index contributed by atoms with van der Waals surface area (Å²) in [6, 6.07) is 8.27. The Kier molecular flexibility index (Phi) is 4.70. The monoisotopic (exact) mass is 279 g/mol. The Morgan fingerprint density at radius 1 is 1.32 bits per heavy atom. The van der Waals surface area contributed by atoms with Gasteiger partial charge in [-0.25, -0.2) is 14.4 Å². The SMILES string of the molecule is COCc1cc(N)nc(CSc2ccccc2F)n1. The van der Waals surface area contributed by atoms with Crippen LogP contribution < -0.4 is 5.73 Å². The second-order valence-electron chi connectivity index (χ2n) is 3.85. The molecule has 0 fully saturated rings. The van der Waals surface area contributed by atoms with Gasteiger partial charge in [0.1, 0.15) is 17.5 Å². The third kappa shape index (κ3) is 3.90. The topological polar surface area (TPSA) is 61.0 Å². The molecule has 2 aromatic rings. The van der Waals surface area contributed by atoms with E-state index in [4.69, 9.17) is 10.5 Å². The van der Waals surface area contributed by atoms with Crippen LogP contribution in [-0.2, 0) is 17.1 Å². The number of thioether (sulfide) groups is 1. The summed E-state index contributed by atoms with van der Waals surface area (Å²) in [5.74, 6) is 1.18. The highest BCUT2D eigenvalue weighted by Crippen LogP contribution is 2.24. The van der Waals surface area contributed by atoms with Gasteiger partial charge in [0, 0.05) is 18.1 Å². The van der Waals surface area contributed by atoms with Gasteiger partial charge in [0.15, 0.2) is 0 Å². The highest BCUT2D eigenvalue weighted by atomic mass is 32.2. The molecule has 0 atom stereocenters. The summed E-state index contributed by atoms with van der Waals surface area (Å²) in [6.45, 7) is 0.379. The molecule has 100 valence electrons. The lowest BCUT2D eigenvalue weighted by Crippen LogP contribution is -2.03. The molecule has 2 N–H and O–H groups in total. The zero-order valence-electron chi connectivity index (χ0n) is 10.5. The van der Waals surface area contributed by atoms with Crippen LogP contribution in [0.5, 0.6) is 0 Å². The van der Waals surface area contributed by atoms with E-state index in [0.717, 1.165) is 5.69 Å². The fourth-order valence-corrected chi connectivity index (χ4v) is 2.36. The normalized spacial score (nSPS) is 10.6. The van der Waals surface area contributed by atoms with E-state index in [1.54, 1.807) is 31.4 Å². The van der Waals surface area contributed by atoms with Crippen LogP contribution in [0.3, 0.4) is 0 Å². The molecule has 0 bridgehead atoms. The van der Waals surface area contributed by atoms with E-state index in [2.05, 4.69) is 9.97 Å². The number of nitrogens with zero attached hydrogens (tertiary/aromatic N) is 2. The molecule has 0 saturated heterocycles. The van der Waals surface area contributed by atoms with Crippen molar-refractivity contribution in [2.75, 3.05) is 12.8 Å². The summed E-state index contributed by atoms with van der Waals surface area (Å²) in [6.07, 6.45) is 0. The Bertz CT molecular complexity index is 565. The molecule has 6 heteroatoms. The van der Waals surface area contributed by atoms with Crippen LogP contribution in [0.2, 0.25) is 0 Å². The van der Waals surface area contributed by atoms with Gasteiger partial charge in [-0.15, -0.1) is 11.8 Å². The number of hydrogen-bond donors (Lipinski definition) is 1. The van der Waals surface area contributed by atoms with Crippen LogP contribution in [0.1, 0.15) is 11.5 Å². The minimum absolute atomic E-state index is 0.242. The minimum Gasteiger partial charge on any atom is -0.384 e. The molecule has 1 aromatic carbocycles. The van der Waals surface area contributed by atoms with Crippen molar-refractivity contribution in [3.05, 3.63) is 47.7 Å². The Hall–Kier alpha value is -1.66. The Labute approximate surface area is 115 Å². The third-order valence-corrected chi connectivity index (χ3v) is 3.38. The number of halogens is 1. The number of hydrogen-bond acceptors (Lipinski definition) is 5. The first kappa shape index (κ1) is 13.8. The van der Waals surface area contributed by atoms with Gasteiger partial charge in [0.25, 0.3) is 0 Å². The standard InChI is InChI=1S/C13H14FN3OS/c1-18-7-9-6-12(15)17-13(16-9)8-19-11-5-3-2-4-10(11)14/h2-6H,7-8H2,1H3,(H2,15,16,17). The van der Waals surface area contributed by atoms with Crippen molar-refractivity contribution < 1.29 is 9.13 Å². The number of methoxy groups -OCH3 is 1. The average Bonchev–Trinajstić information content (AvgIpc) is 2.37. The maximum absolute atomic E-state index is 13.5. The molecule has 0 saturated carbocycles. The maximum Gasteiger partial charge on any atom is 0.141 e. The van der Waals surface area contributed by atoms with Crippen molar-refractivity contribution in [3.8, 4) is 0 Å². The lowest BCUT2D eigenvalue weighted by Gasteiger charge is -2.05. The first-order valence-corrected chi connectivity index (χ1v) is 6.66. The summed E-state index contributed by atoms with van der Waals surface area (Å²) < 4.78 is 18.5. The number of nitrogen functional groups attached to an aromatic ring is 1. The van der Waals surface area contributed by atoms with Crippen LogP contribution >= 0.6 is 11.8 Å². The summed E-state index contributed by atoms with van der Waals surface area (Å²) in [7, 11) is 1.59. The molecule has 0 aliphatic carbocycles. The van der Waals surface area contributed by atoms with E-state index in [9.17, 15) is 4.39 Å². The fourth-order valence-electron chi connectivity index (χ4n) is 1.57. The quantitative estimate of drug-likeness (QED) is 0.853. The minimum atomic E-state index is -0.242. The van der Waals surface area contributed by atoms with Gasteiger partial charge in [0.2, 0.25) is 0 Å². The largest absolute Gasteiger partial charge is 0.384 e. The molecule has 0 radical (unpaired) electrons. The van der Waals surface area contributed by atoms with Crippen LogP contribution in [0.25, 0.3) is 0 Å². The Morgan fingerprint density at radius 3 is 2.84 bits per heavy atom. The summed E-state index contributed by atoms with van der Waals surface area (Å²) in [5.41, 5.74) is 6.42. The van der Waals surface area contributed by atoms with E-state index < -0.39 is 0 Å². The summed E-state index contributed by atoms with van der Waals surface area (Å²) in [5, 5.41) is 0. The lowest BCUT2D eigenvalue weighted by atomic mass is 10.3. The van der Waals surface area contributed by atoms with Crippen molar-refractivity contribution in [3.63, 3.8) is 0 Å². The van der Waals surface area contributed by atoms with Gasteiger partial charge in [-0.3, -0.25) is 0 Å². The second kappa shape index (κ2) is 6.49. The predicted octanol–water partition coefficient (Wildman–Crippen LogP) is 2.64. The van der Waals surface area contributed by atoms with Crippen LogP contribution in [-0.4, -0.2) is 17.1 Å². The van der Waals surface area contributed by atoms with Gasteiger partial charge >= 0.3 is 0 Å². The van der Waals surface area contributed by atoms with Gasteiger partial charge in [-0.2, -0.15) is 0 Å². The van der Waals surface area contributed by atoms with Gasteiger partial charge in [-0.1, -0.05) is 12.1 Å². The number of rotatable bonds is 5. The van der Waals surface area contributed by atoms with Crippen molar-refractivity contribution in [2.45, 2.75) is 17.3 Å². The number of nitrogens with two attached hydrogens (primary N) is 1. The first-order valence-electron chi connectivity index (χ1n) is 5.67. The highest BCUT2D eigenvalue weighted by Gasteiger charge is 2.06. The molecule has 1 aromatic heterocycles. The summed E-state index contributed by atoms with van der Waals surface area (Å²) in [4.78, 5) is 9.01. The Morgan fingerprint density at radius 2 is 2.11 bits per heavy atom. The number of ether oxygens (including phenoxy) is 1. The average molecular weight is 279 g/mol. The van der Waals surface area contributed by atoms with Crippen LogP contribution in [0.4, 0.5) is 10.2 Å². The molecule has 0 amide bonds. The highest BCUT2D eigenvalue weighted by molar-refractivity contribution is 7.98. The summed E-state index contributed by atoms with van der Waals surface area (Å²) >= 11 is 1.34. The van der Waals surface area contributed by atoms with Crippen molar-refractivity contribution in [1.82, 2.24) is 9.97 Å². The zero-order valence-corrected chi connectivity index (χ0v) is 11.3. The number of aromatic nitrogens is 2. The number of anilines is 1. The van der Waals surface area contributed by atoms with Crippen LogP contribution in [0, 0.1) is 5.82 Å². The van der Waals surface area contributed by atoms with Crippen LogP contribution in [0.15, 0.2) is 35.2 Å².